The zero-order valence-electron chi connectivity index (χ0n) is 19.2. The average molecular weight is 549 g/mol. The Kier molecular flexibility index (Phi) is 7.58. The summed E-state index contributed by atoms with van der Waals surface area (Å²) in [4.78, 5) is 39.0. The first-order valence-corrected chi connectivity index (χ1v) is 14.0. The van der Waals surface area contributed by atoms with E-state index in [9.17, 15) is 22.8 Å². The predicted octanol–water partition coefficient (Wildman–Crippen LogP) is 4.68. The fourth-order valence-corrected chi connectivity index (χ4v) is 6.73. The summed E-state index contributed by atoms with van der Waals surface area (Å²) in [6, 6.07) is 11.6. The highest BCUT2D eigenvalue weighted by Gasteiger charge is 2.34. The van der Waals surface area contributed by atoms with Gasteiger partial charge in [0.2, 0.25) is 5.91 Å². The van der Waals surface area contributed by atoms with Gasteiger partial charge in [0, 0.05) is 24.2 Å². The Hall–Kier alpha value is -3.08. The van der Waals surface area contributed by atoms with Gasteiger partial charge < -0.3 is 5.32 Å². The normalized spacial score (nSPS) is 13.6. The lowest BCUT2D eigenvalue weighted by Crippen LogP contribution is -2.43. The number of carbonyl (C=O) groups is 3. The molecule has 2 aromatic carbocycles. The fraction of sp³-hybridized carbons (Fsp3) is 0.240. The molecule has 1 aromatic heterocycles. The molecule has 1 aliphatic heterocycles. The molecule has 0 unspecified atom stereocenters. The summed E-state index contributed by atoms with van der Waals surface area (Å²) in [7, 11) is -3.86. The van der Waals surface area contributed by atoms with Gasteiger partial charge in [-0.05, 0) is 60.0 Å². The molecule has 0 spiro atoms. The number of anilines is 2. The standard InChI is InChI=1S/C25H22ClFN2O5S2/c1-2-9-28-17-4-5-19-16(12-17)13-23(31)29(25(19)32)21-6-3-15(11-20(21)27)10-18(30)14-36(33,34)24-8-7-22(26)35-24/h3-8,11-12,28H,2,9-10,13-14H2,1H3. The van der Waals surface area contributed by atoms with Crippen molar-refractivity contribution in [2.24, 2.45) is 0 Å². The third-order valence-corrected chi connectivity index (χ3v) is 9.06. The van der Waals surface area contributed by atoms with Crippen LogP contribution >= 0.6 is 22.9 Å². The second-order valence-electron chi connectivity index (χ2n) is 8.33. The molecule has 11 heteroatoms. The summed E-state index contributed by atoms with van der Waals surface area (Å²) >= 11 is 6.63. The van der Waals surface area contributed by atoms with E-state index in [0.717, 1.165) is 41.0 Å². The van der Waals surface area contributed by atoms with Crippen LogP contribution in [0.1, 0.15) is 34.8 Å². The molecule has 0 atom stereocenters. The first kappa shape index (κ1) is 26.0. The van der Waals surface area contributed by atoms with Gasteiger partial charge in [-0.1, -0.05) is 24.6 Å². The van der Waals surface area contributed by atoms with E-state index in [1.165, 1.54) is 24.3 Å². The van der Waals surface area contributed by atoms with Crippen LogP contribution in [-0.4, -0.2) is 38.3 Å². The third kappa shape index (κ3) is 5.50. The van der Waals surface area contributed by atoms with Crippen LogP contribution in [0.4, 0.5) is 15.8 Å². The maximum absolute atomic E-state index is 15.0. The van der Waals surface area contributed by atoms with Gasteiger partial charge in [0.1, 0.15) is 15.8 Å². The summed E-state index contributed by atoms with van der Waals surface area (Å²) in [5.41, 5.74) is 1.69. The van der Waals surface area contributed by atoms with Crippen molar-refractivity contribution in [1.29, 1.82) is 0 Å². The first-order chi connectivity index (χ1) is 17.1. The Morgan fingerprint density at radius 2 is 1.92 bits per heavy atom. The number of amides is 2. The van der Waals surface area contributed by atoms with Crippen molar-refractivity contribution >= 4 is 61.7 Å². The first-order valence-electron chi connectivity index (χ1n) is 11.1. The predicted molar refractivity (Wildman–Crippen MR) is 137 cm³/mol. The number of fused-ring (bicyclic) bond motifs is 1. The van der Waals surface area contributed by atoms with Crippen LogP contribution in [0, 0.1) is 5.82 Å². The van der Waals surface area contributed by atoms with Gasteiger partial charge in [0.15, 0.2) is 15.6 Å². The second kappa shape index (κ2) is 10.5. The van der Waals surface area contributed by atoms with E-state index in [1.54, 1.807) is 18.2 Å². The Balaban J connectivity index is 1.50. The van der Waals surface area contributed by atoms with Crippen molar-refractivity contribution in [3.8, 4) is 0 Å². The zero-order valence-corrected chi connectivity index (χ0v) is 21.6. The van der Waals surface area contributed by atoms with E-state index in [1.807, 2.05) is 6.92 Å². The lowest BCUT2D eigenvalue weighted by atomic mass is 9.96. The van der Waals surface area contributed by atoms with Crippen molar-refractivity contribution in [1.82, 2.24) is 0 Å². The van der Waals surface area contributed by atoms with Crippen LogP contribution in [-0.2, 0) is 32.3 Å². The molecule has 1 aliphatic rings. The van der Waals surface area contributed by atoms with Crippen LogP contribution in [0.5, 0.6) is 0 Å². The van der Waals surface area contributed by atoms with Gasteiger partial charge in [-0.3, -0.25) is 14.4 Å². The molecular weight excluding hydrogens is 527 g/mol. The Morgan fingerprint density at radius 3 is 2.58 bits per heavy atom. The van der Waals surface area contributed by atoms with E-state index in [-0.39, 0.29) is 32.6 Å². The highest BCUT2D eigenvalue weighted by Crippen LogP contribution is 2.30. The van der Waals surface area contributed by atoms with E-state index in [4.69, 9.17) is 11.6 Å². The number of sulfone groups is 1. The second-order valence-corrected chi connectivity index (χ2v) is 12.3. The van der Waals surface area contributed by atoms with Gasteiger partial charge in [0.25, 0.3) is 5.91 Å². The van der Waals surface area contributed by atoms with Gasteiger partial charge in [-0.15, -0.1) is 11.3 Å². The molecule has 0 saturated heterocycles. The Morgan fingerprint density at radius 1 is 1.14 bits per heavy atom. The molecule has 2 amide bonds. The van der Waals surface area contributed by atoms with Crippen LogP contribution in [0.3, 0.4) is 0 Å². The highest BCUT2D eigenvalue weighted by molar-refractivity contribution is 7.94. The van der Waals surface area contributed by atoms with Crippen molar-refractivity contribution in [3.63, 3.8) is 0 Å². The molecule has 4 rings (SSSR count). The lowest BCUT2D eigenvalue weighted by Gasteiger charge is -2.27. The molecule has 0 fully saturated rings. The molecule has 0 saturated carbocycles. The summed E-state index contributed by atoms with van der Waals surface area (Å²) in [5, 5.41) is 3.21. The quantitative estimate of drug-likeness (QED) is 0.390. The number of imide groups is 1. The topological polar surface area (TPSA) is 101 Å². The van der Waals surface area contributed by atoms with E-state index in [0.29, 0.717) is 11.1 Å². The number of halogens is 2. The number of ketones is 1. The Bertz CT molecular complexity index is 1470. The average Bonchev–Trinajstić information content (AvgIpc) is 3.26. The van der Waals surface area contributed by atoms with Gasteiger partial charge in [0.05, 0.1) is 16.4 Å². The molecule has 0 aliphatic carbocycles. The number of benzene rings is 2. The molecule has 36 heavy (non-hydrogen) atoms. The summed E-state index contributed by atoms with van der Waals surface area (Å²) in [6.07, 6.45) is 0.531. The lowest BCUT2D eigenvalue weighted by molar-refractivity contribution is -0.118. The van der Waals surface area contributed by atoms with Crippen LogP contribution < -0.4 is 10.2 Å². The molecule has 1 N–H and O–H groups in total. The number of nitrogens with zero attached hydrogens (tertiary/aromatic N) is 1. The number of rotatable bonds is 9. The zero-order chi connectivity index (χ0) is 26.0. The van der Waals surface area contributed by atoms with Crippen molar-refractivity contribution in [3.05, 3.63) is 75.4 Å². The molecule has 3 aromatic rings. The van der Waals surface area contributed by atoms with Crippen molar-refractivity contribution < 1.29 is 27.2 Å². The van der Waals surface area contributed by atoms with E-state index < -0.39 is 39.0 Å². The maximum atomic E-state index is 15.0. The molecule has 7 nitrogen and oxygen atoms in total. The maximum Gasteiger partial charge on any atom is 0.265 e. The van der Waals surface area contributed by atoms with Crippen LogP contribution in [0.25, 0.3) is 0 Å². The molecule has 0 bridgehead atoms. The number of hydrogen-bond acceptors (Lipinski definition) is 7. The fourth-order valence-electron chi connectivity index (χ4n) is 3.92. The monoisotopic (exact) mass is 548 g/mol. The van der Waals surface area contributed by atoms with E-state index >= 15 is 4.39 Å². The Labute approximate surface area is 216 Å². The minimum Gasteiger partial charge on any atom is -0.385 e. The summed E-state index contributed by atoms with van der Waals surface area (Å²) < 4.78 is 40.1. The SMILES string of the molecule is CCCNc1ccc2c(c1)CC(=O)N(c1ccc(CC(=O)CS(=O)(=O)c3ccc(Cl)s3)cc1F)C2=O. The minimum atomic E-state index is -3.86. The largest absolute Gasteiger partial charge is 0.385 e. The smallest absolute Gasteiger partial charge is 0.265 e. The van der Waals surface area contributed by atoms with Crippen LogP contribution in [0.2, 0.25) is 4.34 Å². The number of nitrogens with one attached hydrogen (secondary N) is 1. The molecule has 2 heterocycles. The van der Waals surface area contributed by atoms with E-state index in [2.05, 4.69) is 5.32 Å². The van der Waals surface area contributed by atoms with Crippen molar-refractivity contribution in [2.45, 2.75) is 30.4 Å². The highest BCUT2D eigenvalue weighted by atomic mass is 35.5. The van der Waals surface area contributed by atoms with Crippen LogP contribution in [0.15, 0.2) is 52.7 Å². The molecule has 0 radical (unpaired) electrons. The summed E-state index contributed by atoms with van der Waals surface area (Å²) in [6.45, 7) is 2.77. The minimum absolute atomic E-state index is 0.0157. The molecule has 188 valence electrons. The number of carbonyl (C=O) groups excluding carboxylic acids is 3. The number of thiophene rings is 1. The van der Waals surface area contributed by atoms with Gasteiger partial charge in [-0.25, -0.2) is 17.7 Å². The summed E-state index contributed by atoms with van der Waals surface area (Å²) in [5.74, 6) is -3.43. The van der Waals surface area contributed by atoms with Gasteiger partial charge >= 0.3 is 0 Å². The van der Waals surface area contributed by atoms with Crippen molar-refractivity contribution in [2.75, 3.05) is 22.5 Å². The third-order valence-electron chi connectivity index (χ3n) is 5.57. The number of Topliss-reactive ketones (excluding diaryl/α,β-unsaturated/α-hetero) is 1. The van der Waals surface area contributed by atoms with Gasteiger partial charge in [-0.2, -0.15) is 0 Å². The number of hydrogen-bond donors (Lipinski definition) is 1. The molecular formula is C25H22ClFN2O5S2.